The first-order valence-electron chi connectivity index (χ1n) is 5.43. The van der Waals surface area contributed by atoms with Crippen molar-refractivity contribution in [2.75, 3.05) is 0 Å². The summed E-state index contributed by atoms with van der Waals surface area (Å²) in [5, 5.41) is 11.2. The van der Waals surface area contributed by atoms with Gasteiger partial charge in [0.2, 0.25) is 5.91 Å². The minimum absolute atomic E-state index is 0.240. The van der Waals surface area contributed by atoms with Gasteiger partial charge < -0.3 is 14.8 Å². The highest BCUT2D eigenvalue weighted by atomic mass is 16.4. The minimum atomic E-state index is -1.24. The number of amides is 1. The molecule has 8 heteroatoms. The van der Waals surface area contributed by atoms with Crippen molar-refractivity contribution < 1.29 is 19.1 Å². The van der Waals surface area contributed by atoms with Crippen LogP contribution in [0.4, 0.5) is 0 Å². The van der Waals surface area contributed by atoms with E-state index in [0.717, 1.165) is 4.57 Å². The number of carboxylic acids is 1. The van der Waals surface area contributed by atoms with Crippen LogP contribution in [0.15, 0.2) is 27.5 Å². The Morgan fingerprint density at radius 1 is 1.58 bits per heavy atom. The number of carboxylic acid groups (broad SMARTS) is 1. The van der Waals surface area contributed by atoms with Crippen molar-refractivity contribution in [3.63, 3.8) is 0 Å². The maximum Gasteiger partial charge on any atom is 0.421 e. The van der Waals surface area contributed by atoms with Crippen LogP contribution in [0, 0.1) is 0 Å². The molecule has 1 amide bonds. The maximum absolute atomic E-state index is 11.6. The fraction of sp³-hybridized carbons (Fsp3) is 0.273. The Kier molecular flexibility index (Phi) is 3.32. The van der Waals surface area contributed by atoms with Crippen molar-refractivity contribution in [1.82, 2.24) is 14.9 Å². The lowest BCUT2D eigenvalue weighted by Crippen LogP contribution is -2.44. The van der Waals surface area contributed by atoms with Gasteiger partial charge in [-0.25, -0.2) is 14.6 Å². The lowest BCUT2D eigenvalue weighted by atomic mass is 10.3. The second-order valence-electron chi connectivity index (χ2n) is 3.90. The number of pyridine rings is 1. The molecule has 0 fully saturated rings. The number of nitrogens with zero attached hydrogens (tertiary/aromatic N) is 2. The van der Waals surface area contributed by atoms with Gasteiger partial charge in [-0.2, -0.15) is 0 Å². The molecule has 0 saturated carbocycles. The second-order valence-corrected chi connectivity index (χ2v) is 3.90. The zero-order valence-electron chi connectivity index (χ0n) is 9.99. The van der Waals surface area contributed by atoms with Crippen LogP contribution in [0.25, 0.3) is 11.2 Å². The SMILES string of the molecule is CC(=O)NC(Cn1c(=O)oc2cccnc21)C(=O)O. The second kappa shape index (κ2) is 4.92. The maximum atomic E-state index is 11.6. The van der Waals surface area contributed by atoms with Crippen molar-refractivity contribution in [3.8, 4) is 0 Å². The highest BCUT2D eigenvalue weighted by Gasteiger charge is 2.22. The average molecular weight is 265 g/mol. The fourth-order valence-electron chi connectivity index (χ4n) is 1.67. The summed E-state index contributed by atoms with van der Waals surface area (Å²) in [6.45, 7) is 0.947. The lowest BCUT2D eigenvalue weighted by molar-refractivity contribution is -0.141. The molecule has 0 bridgehead atoms. The predicted molar refractivity (Wildman–Crippen MR) is 63.5 cm³/mol. The molecule has 8 nitrogen and oxygen atoms in total. The third-order valence-electron chi connectivity index (χ3n) is 2.46. The van der Waals surface area contributed by atoms with Gasteiger partial charge in [0, 0.05) is 13.1 Å². The van der Waals surface area contributed by atoms with Gasteiger partial charge in [-0.15, -0.1) is 0 Å². The van der Waals surface area contributed by atoms with Gasteiger partial charge >= 0.3 is 11.7 Å². The number of carbonyl (C=O) groups is 2. The van der Waals surface area contributed by atoms with Crippen molar-refractivity contribution in [2.45, 2.75) is 19.5 Å². The fourth-order valence-corrected chi connectivity index (χ4v) is 1.67. The van der Waals surface area contributed by atoms with E-state index in [1.54, 1.807) is 12.1 Å². The highest BCUT2D eigenvalue weighted by Crippen LogP contribution is 2.09. The van der Waals surface area contributed by atoms with E-state index in [1.807, 2.05) is 0 Å². The third-order valence-corrected chi connectivity index (χ3v) is 2.46. The molecule has 2 aromatic rings. The van der Waals surface area contributed by atoms with Gasteiger partial charge in [0.15, 0.2) is 11.2 Å². The molecule has 2 N–H and O–H groups in total. The van der Waals surface area contributed by atoms with Crippen molar-refractivity contribution >= 4 is 23.1 Å². The van der Waals surface area contributed by atoms with E-state index in [0.29, 0.717) is 0 Å². The van der Waals surface area contributed by atoms with Crippen LogP contribution >= 0.6 is 0 Å². The van der Waals surface area contributed by atoms with E-state index in [-0.39, 0.29) is 17.8 Å². The summed E-state index contributed by atoms with van der Waals surface area (Å²) in [5.74, 6) is -2.46. The first-order chi connectivity index (χ1) is 8.99. The number of nitrogens with one attached hydrogen (secondary N) is 1. The molecule has 0 aliphatic carbocycles. The normalized spacial score (nSPS) is 12.3. The number of hydrogen-bond donors (Lipinski definition) is 2. The Bertz CT molecular complexity index is 687. The number of fused-ring (bicyclic) bond motifs is 1. The molecule has 100 valence electrons. The highest BCUT2D eigenvalue weighted by molar-refractivity contribution is 5.82. The van der Waals surface area contributed by atoms with Gasteiger partial charge in [-0.3, -0.25) is 9.36 Å². The topological polar surface area (TPSA) is 114 Å². The summed E-state index contributed by atoms with van der Waals surface area (Å²) >= 11 is 0. The molecular formula is C11H11N3O5. The average Bonchev–Trinajstić information content (AvgIpc) is 2.64. The smallest absolute Gasteiger partial charge is 0.421 e. The Morgan fingerprint density at radius 3 is 2.95 bits per heavy atom. The summed E-state index contributed by atoms with van der Waals surface area (Å²) in [4.78, 5) is 37.6. The zero-order valence-corrected chi connectivity index (χ0v) is 9.99. The first-order valence-corrected chi connectivity index (χ1v) is 5.43. The van der Waals surface area contributed by atoms with E-state index in [9.17, 15) is 14.4 Å². The van der Waals surface area contributed by atoms with Gasteiger partial charge in [-0.05, 0) is 12.1 Å². The van der Waals surface area contributed by atoms with Gasteiger partial charge in [0.1, 0.15) is 6.04 Å². The summed E-state index contributed by atoms with van der Waals surface area (Å²) in [7, 11) is 0. The van der Waals surface area contributed by atoms with Crippen LogP contribution in [-0.4, -0.2) is 32.6 Å². The standard InChI is InChI=1S/C11H11N3O5/c1-6(15)13-7(10(16)17)5-14-9-8(19-11(14)18)3-2-4-12-9/h2-4,7H,5H2,1H3,(H,13,15)(H,16,17). The molecule has 0 aliphatic heterocycles. The van der Waals surface area contributed by atoms with Crippen molar-refractivity contribution in [1.29, 1.82) is 0 Å². The van der Waals surface area contributed by atoms with Crippen LogP contribution in [0.3, 0.4) is 0 Å². The molecule has 0 radical (unpaired) electrons. The Labute approximate surface area is 106 Å². The van der Waals surface area contributed by atoms with Crippen LogP contribution in [0.5, 0.6) is 0 Å². The molecule has 1 atom stereocenters. The zero-order chi connectivity index (χ0) is 14.0. The van der Waals surface area contributed by atoms with Crippen LogP contribution in [0.2, 0.25) is 0 Å². The van der Waals surface area contributed by atoms with E-state index in [1.165, 1.54) is 13.1 Å². The summed E-state index contributed by atoms with van der Waals surface area (Å²) in [6.07, 6.45) is 1.46. The largest absolute Gasteiger partial charge is 0.480 e. The molecule has 2 rings (SSSR count). The summed E-state index contributed by atoms with van der Waals surface area (Å²) in [6, 6.07) is 1.92. The number of rotatable bonds is 4. The number of aliphatic carboxylic acids is 1. The molecule has 0 aliphatic rings. The molecule has 2 aromatic heterocycles. The van der Waals surface area contributed by atoms with Gasteiger partial charge in [-0.1, -0.05) is 0 Å². The predicted octanol–water partition coefficient (Wildman–Crippen LogP) is -0.421. The number of carbonyl (C=O) groups excluding carboxylic acids is 1. The Morgan fingerprint density at radius 2 is 2.32 bits per heavy atom. The summed E-state index contributed by atoms with van der Waals surface area (Å²) in [5.41, 5.74) is 0.503. The summed E-state index contributed by atoms with van der Waals surface area (Å²) < 4.78 is 6.00. The minimum Gasteiger partial charge on any atom is -0.480 e. The Hall–Kier alpha value is -2.64. The van der Waals surface area contributed by atoms with E-state index < -0.39 is 23.7 Å². The monoisotopic (exact) mass is 265 g/mol. The molecule has 2 heterocycles. The van der Waals surface area contributed by atoms with Crippen molar-refractivity contribution in [2.24, 2.45) is 0 Å². The van der Waals surface area contributed by atoms with Crippen LogP contribution in [0.1, 0.15) is 6.92 Å². The first kappa shape index (κ1) is 12.8. The van der Waals surface area contributed by atoms with Crippen molar-refractivity contribution in [3.05, 3.63) is 28.9 Å². The molecule has 0 spiro atoms. The molecule has 1 unspecified atom stereocenters. The molecule has 0 aromatic carbocycles. The Balaban J connectivity index is 2.38. The van der Waals surface area contributed by atoms with Crippen LogP contribution in [-0.2, 0) is 16.1 Å². The number of hydrogen-bond acceptors (Lipinski definition) is 5. The third kappa shape index (κ3) is 2.62. The molecule has 0 saturated heterocycles. The number of aromatic nitrogens is 2. The van der Waals surface area contributed by atoms with Crippen LogP contribution < -0.4 is 11.1 Å². The quantitative estimate of drug-likeness (QED) is 0.775. The van der Waals surface area contributed by atoms with Gasteiger partial charge in [0.25, 0.3) is 0 Å². The van der Waals surface area contributed by atoms with Gasteiger partial charge in [0.05, 0.1) is 6.54 Å². The van der Waals surface area contributed by atoms with E-state index >= 15 is 0 Å². The van der Waals surface area contributed by atoms with E-state index in [2.05, 4.69) is 10.3 Å². The molecule has 19 heavy (non-hydrogen) atoms. The number of oxazole rings is 1. The lowest BCUT2D eigenvalue weighted by Gasteiger charge is -2.12. The van der Waals surface area contributed by atoms with E-state index in [4.69, 9.17) is 9.52 Å². The molecular weight excluding hydrogens is 254 g/mol.